The predicted molar refractivity (Wildman–Crippen MR) is 155 cm³/mol. The van der Waals surface area contributed by atoms with Crippen molar-refractivity contribution in [3.05, 3.63) is 95.0 Å². The second-order valence-corrected chi connectivity index (χ2v) is 12.8. The lowest BCUT2D eigenvalue weighted by molar-refractivity contribution is -0.142. The molecule has 0 radical (unpaired) electrons. The summed E-state index contributed by atoms with van der Waals surface area (Å²) in [5.74, 6) is -1.36. The average molecular weight is 577 g/mol. The van der Waals surface area contributed by atoms with Crippen molar-refractivity contribution in [2.75, 3.05) is 6.26 Å². The molecule has 1 unspecified atom stereocenters. The summed E-state index contributed by atoms with van der Waals surface area (Å²) in [7, 11) is -3.28. The van der Waals surface area contributed by atoms with Gasteiger partial charge in [-0.05, 0) is 66.4 Å². The van der Waals surface area contributed by atoms with E-state index in [0.29, 0.717) is 23.6 Å². The first kappa shape index (κ1) is 27.8. The second kappa shape index (κ2) is 11.0. The van der Waals surface area contributed by atoms with Gasteiger partial charge in [-0.2, -0.15) is 0 Å². The third kappa shape index (κ3) is 5.74. The molecule has 0 aliphatic heterocycles. The summed E-state index contributed by atoms with van der Waals surface area (Å²) in [5, 5.41) is 14.2. The topological polar surface area (TPSA) is 113 Å². The number of halogens is 1. The monoisotopic (exact) mass is 576 g/mol. The van der Waals surface area contributed by atoms with E-state index in [9.17, 15) is 23.1 Å². The van der Waals surface area contributed by atoms with Crippen LogP contribution in [0.15, 0.2) is 83.8 Å². The number of fused-ring (bicyclic) bond motifs is 1. The van der Waals surface area contributed by atoms with Crippen LogP contribution < -0.4 is 5.32 Å². The van der Waals surface area contributed by atoms with Gasteiger partial charge in [-0.15, -0.1) is 0 Å². The third-order valence-corrected chi connectivity index (χ3v) is 9.04. The first-order valence-electron chi connectivity index (χ1n) is 13.1. The number of nitrogens with one attached hydrogen (secondary N) is 1. The fraction of sp³-hybridized carbons (Fsp3) is 0.258. The van der Waals surface area contributed by atoms with E-state index in [2.05, 4.69) is 5.32 Å². The summed E-state index contributed by atoms with van der Waals surface area (Å²) < 4.78 is 23.5. The molecule has 1 aliphatic rings. The Hall–Kier alpha value is -3.75. The molecule has 206 valence electrons. The number of carbonyl (C=O) groups excluding carboxylic acids is 1. The summed E-state index contributed by atoms with van der Waals surface area (Å²) in [5.41, 5.74) is 3.06. The van der Waals surface area contributed by atoms with Crippen molar-refractivity contribution in [1.29, 1.82) is 0 Å². The highest BCUT2D eigenvalue weighted by Crippen LogP contribution is 2.42. The maximum Gasteiger partial charge on any atom is 0.326 e. The Kier molecular flexibility index (Phi) is 7.66. The molecule has 1 heterocycles. The van der Waals surface area contributed by atoms with E-state index in [-0.39, 0.29) is 17.2 Å². The zero-order valence-electron chi connectivity index (χ0n) is 21.9. The smallest absolute Gasteiger partial charge is 0.326 e. The van der Waals surface area contributed by atoms with Gasteiger partial charge < -0.3 is 10.4 Å². The Morgan fingerprint density at radius 2 is 1.65 bits per heavy atom. The number of aromatic nitrogens is 1. The molecule has 1 saturated carbocycles. The van der Waals surface area contributed by atoms with Gasteiger partial charge in [0.25, 0.3) is 0 Å². The Balaban J connectivity index is 1.35. The Bertz CT molecular complexity index is 1680. The van der Waals surface area contributed by atoms with Gasteiger partial charge in [0.2, 0.25) is 5.91 Å². The molecule has 2 N–H and O–H groups in total. The van der Waals surface area contributed by atoms with Crippen LogP contribution in [0.5, 0.6) is 0 Å². The van der Waals surface area contributed by atoms with Crippen LogP contribution >= 0.6 is 11.6 Å². The lowest BCUT2D eigenvalue weighted by Crippen LogP contribution is -2.50. The van der Waals surface area contributed by atoms with Crippen molar-refractivity contribution >= 4 is 44.2 Å². The van der Waals surface area contributed by atoms with Crippen molar-refractivity contribution in [2.24, 2.45) is 0 Å². The van der Waals surface area contributed by atoms with Gasteiger partial charge in [0.1, 0.15) is 6.04 Å². The molecule has 3 aromatic carbocycles. The molecule has 1 atom stereocenters. The lowest BCUT2D eigenvalue weighted by Gasteiger charge is -2.30. The molecule has 0 bridgehead atoms. The standard InChI is InChI=1S/C31H29ClN2O5S/c1-40(38,39)25-12-5-21(6-13-25)26-15-7-22-18-20(4-14-27(22)33-26)19-28(29(35)36)34-30(37)31(16-2-3-17-31)23-8-10-24(32)11-9-23/h4-15,18,28H,2-3,16-17,19H2,1H3,(H,34,37)(H,35,36). The van der Waals surface area contributed by atoms with Crippen LogP contribution in [0.1, 0.15) is 36.8 Å². The maximum absolute atomic E-state index is 13.6. The minimum Gasteiger partial charge on any atom is -0.480 e. The summed E-state index contributed by atoms with van der Waals surface area (Å²) in [4.78, 5) is 30.7. The molecule has 1 aliphatic carbocycles. The molecule has 5 rings (SSSR count). The first-order chi connectivity index (χ1) is 19.0. The summed E-state index contributed by atoms with van der Waals surface area (Å²) in [6.07, 6.45) is 4.41. The number of hydrogen-bond donors (Lipinski definition) is 2. The van der Waals surface area contributed by atoms with Crippen LogP contribution in [0.4, 0.5) is 0 Å². The highest BCUT2D eigenvalue weighted by atomic mass is 35.5. The molecule has 1 amide bonds. The van der Waals surface area contributed by atoms with Crippen LogP contribution in [-0.4, -0.2) is 42.7 Å². The van der Waals surface area contributed by atoms with E-state index in [1.165, 1.54) is 6.26 Å². The van der Waals surface area contributed by atoms with Crippen molar-refractivity contribution in [2.45, 2.75) is 48.5 Å². The van der Waals surface area contributed by atoms with Crippen molar-refractivity contribution in [3.8, 4) is 11.3 Å². The van der Waals surface area contributed by atoms with Crippen LogP contribution in [0.3, 0.4) is 0 Å². The number of carboxylic acids is 1. The largest absolute Gasteiger partial charge is 0.480 e. The zero-order chi connectivity index (χ0) is 28.5. The number of pyridine rings is 1. The fourth-order valence-electron chi connectivity index (χ4n) is 5.46. The van der Waals surface area contributed by atoms with Crippen LogP contribution in [0.2, 0.25) is 5.02 Å². The number of hydrogen-bond acceptors (Lipinski definition) is 5. The summed E-state index contributed by atoms with van der Waals surface area (Å²) >= 11 is 6.06. The summed E-state index contributed by atoms with van der Waals surface area (Å²) in [6, 6.07) is 22.0. The van der Waals surface area contributed by atoms with Crippen molar-refractivity contribution < 1.29 is 23.1 Å². The van der Waals surface area contributed by atoms with Crippen LogP contribution in [0.25, 0.3) is 22.2 Å². The van der Waals surface area contributed by atoms with E-state index in [0.717, 1.165) is 40.4 Å². The number of sulfone groups is 1. The second-order valence-electron chi connectivity index (χ2n) is 10.4. The highest BCUT2D eigenvalue weighted by molar-refractivity contribution is 7.90. The Labute approximate surface area is 238 Å². The molecular weight excluding hydrogens is 548 g/mol. The summed E-state index contributed by atoms with van der Waals surface area (Å²) in [6.45, 7) is 0. The molecular formula is C31H29ClN2O5S. The Morgan fingerprint density at radius 3 is 2.27 bits per heavy atom. The van der Waals surface area contributed by atoms with Gasteiger partial charge in [0, 0.05) is 28.6 Å². The van der Waals surface area contributed by atoms with E-state index in [1.807, 2.05) is 42.5 Å². The predicted octanol–water partition coefficient (Wildman–Crippen LogP) is 5.58. The van der Waals surface area contributed by atoms with E-state index < -0.39 is 27.3 Å². The SMILES string of the molecule is CS(=O)(=O)c1ccc(-c2ccc3cc(CC(NC(=O)C4(c5ccc(Cl)cc5)CCCC4)C(=O)O)ccc3n2)cc1. The lowest BCUT2D eigenvalue weighted by atomic mass is 9.77. The number of amides is 1. The average Bonchev–Trinajstić information content (AvgIpc) is 3.44. The van der Waals surface area contributed by atoms with Crippen molar-refractivity contribution in [3.63, 3.8) is 0 Å². The highest BCUT2D eigenvalue weighted by Gasteiger charge is 2.43. The minimum absolute atomic E-state index is 0.127. The first-order valence-corrected chi connectivity index (χ1v) is 15.3. The third-order valence-electron chi connectivity index (χ3n) is 7.66. The van der Waals surface area contributed by atoms with Crippen LogP contribution in [0, 0.1) is 0 Å². The van der Waals surface area contributed by atoms with Gasteiger partial charge >= 0.3 is 5.97 Å². The molecule has 0 saturated heterocycles. The van der Waals surface area contributed by atoms with Crippen molar-refractivity contribution in [1.82, 2.24) is 10.3 Å². The zero-order valence-corrected chi connectivity index (χ0v) is 23.5. The molecule has 4 aromatic rings. The molecule has 0 spiro atoms. The van der Waals surface area contributed by atoms with Gasteiger partial charge in [-0.1, -0.05) is 60.8 Å². The number of nitrogens with zero attached hydrogens (tertiary/aromatic N) is 1. The number of aliphatic carboxylic acids is 1. The van der Waals surface area contributed by atoms with Gasteiger partial charge in [0.05, 0.1) is 21.5 Å². The van der Waals surface area contributed by atoms with Gasteiger partial charge in [0.15, 0.2) is 9.84 Å². The number of carboxylic acid groups (broad SMARTS) is 1. The molecule has 9 heteroatoms. The van der Waals surface area contributed by atoms with E-state index in [4.69, 9.17) is 16.6 Å². The molecule has 40 heavy (non-hydrogen) atoms. The van der Waals surface area contributed by atoms with Gasteiger partial charge in [-0.3, -0.25) is 4.79 Å². The van der Waals surface area contributed by atoms with Gasteiger partial charge in [-0.25, -0.2) is 18.2 Å². The molecule has 1 fully saturated rings. The molecule has 1 aromatic heterocycles. The maximum atomic E-state index is 13.6. The van der Waals surface area contributed by atoms with E-state index >= 15 is 0 Å². The Morgan fingerprint density at radius 1 is 0.975 bits per heavy atom. The quantitative estimate of drug-likeness (QED) is 0.283. The number of carbonyl (C=O) groups is 2. The van der Waals surface area contributed by atoms with Crippen LogP contribution in [-0.2, 0) is 31.3 Å². The normalized spacial score (nSPS) is 15.6. The fourth-order valence-corrected chi connectivity index (χ4v) is 6.22. The molecule has 7 nitrogen and oxygen atoms in total. The number of benzene rings is 3. The number of rotatable bonds is 8. The van der Waals surface area contributed by atoms with E-state index in [1.54, 1.807) is 36.4 Å². The minimum atomic E-state index is -3.28.